The second kappa shape index (κ2) is 7.51. The Kier molecular flexibility index (Phi) is 5.42. The van der Waals surface area contributed by atoms with Crippen LogP contribution < -0.4 is 0 Å². The van der Waals surface area contributed by atoms with E-state index in [1.54, 1.807) is 6.07 Å². The zero-order valence-corrected chi connectivity index (χ0v) is 13.7. The van der Waals surface area contributed by atoms with E-state index in [9.17, 15) is 19.7 Å². The normalized spacial score (nSPS) is 10.7. The molecule has 0 atom stereocenters. The maximum absolute atomic E-state index is 12.5. The first-order valence-corrected chi connectivity index (χ1v) is 7.46. The molecule has 0 saturated heterocycles. The number of nitrogens with zero attached hydrogens (tertiary/aromatic N) is 5. The summed E-state index contributed by atoms with van der Waals surface area (Å²) in [6.45, 7) is 3.54. The molecule has 0 aliphatic heterocycles. The minimum atomic E-state index is -1.12. The first-order chi connectivity index (χ1) is 11.8. The maximum Gasteiger partial charge on any atom is 0.323 e. The minimum absolute atomic E-state index is 0.0339. The van der Waals surface area contributed by atoms with Crippen LogP contribution in [-0.4, -0.2) is 54.9 Å². The van der Waals surface area contributed by atoms with Gasteiger partial charge < -0.3 is 10.0 Å². The van der Waals surface area contributed by atoms with Crippen LogP contribution in [0.25, 0.3) is 5.69 Å². The number of non-ortho nitro benzene ring substituents is 1. The number of carbonyl (C=O) groups excluding carboxylic acids is 1. The van der Waals surface area contributed by atoms with Crippen molar-refractivity contribution in [1.82, 2.24) is 19.9 Å². The molecule has 1 N–H and O–H groups in total. The van der Waals surface area contributed by atoms with Crippen LogP contribution in [0.15, 0.2) is 30.5 Å². The number of nitro benzene ring substituents is 1. The molecule has 10 nitrogen and oxygen atoms in total. The largest absolute Gasteiger partial charge is 0.480 e. The molecule has 10 heteroatoms. The molecule has 1 aromatic carbocycles. The fourth-order valence-electron chi connectivity index (χ4n) is 2.22. The topological polar surface area (TPSA) is 131 Å². The van der Waals surface area contributed by atoms with E-state index < -0.39 is 23.3 Å². The van der Waals surface area contributed by atoms with Crippen molar-refractivity contribution in [3.05, 3.63) is 46.3 Å². The molecule has 2 rings (SSSR count). The molecule has 0 saturated carbocycles. The second-order valence-corrected chi connectivity index (χ2v) is 5.80. The number of rotatable bonds is 7. The summed E-state index contributed by atoms with van der Waals surface area (Å²) in [5.74, 6) is -1.61. The van der Waals surface area contributed by atoms with Gasteiger partial charge in [0.25, 0.3) is 11.6 Å². The Balaban J connectivity index is 2.26. The quantitative estimate of drug-likeness (QED) is 0.590. The van der Waals surface area contributed by atoms with Crippen LogP contribution in [0.4, 0.5) is 5.69 Å². The molecule has 1 aromatic heterocycles. The average Bonchev–Trinajstić information content (AvgIpc) is 3.02. The van der Waals surface area contributed by atoms with Crippen molar-refractivity contribution in [2.24, 2.45) is 5.92 Å². The summed E-state index contributed by atoms with van der Waals surface area (Å²) in [7, 11) is 0. The van der Waals surface area contributed by atoms with Gasteiger partial charge >= 0.3 is 5.97 Å². The van der Waals surface area contributed by atoms with E-state index in [-0.39, 0.29) is 23.8 Å². The lowest BCUT2D eigenvalue weighted by molar-refractivity contribution is -0.384. The summed E-state index contributed by atoms with van der Waals surface area (Å²) in [6, 6.07) is 5.71. The Hall–Kier alpha value is -3.30. The number of hydrogen-bond acceptors (Lipinski definition) is 6. The maximum atomic E-state index is 12.5. The molecule has 0 unspecified atom stereocenters. The smallest absolute Gasteiger partial charge is 0.323 e. The molecule has 0 radical (unpaired) electrons. The van der Waals surface area contributed by atoms with Crippen LogP contribution in [0, 0.1) is 16.0 Å². The van der Waals surface area contributed by atoms with Crippen LogP contribution in [0.5, 0.6) is 0 Å². The van der Waals surface area contributed by atoms with Crippen LogP contribution >= 0.6 is 0 Å². The van der Waals surface area contributed by atoms with Gasteiger partial charge in [-0.3, -0.25) is 19.7 Å². The number of aromatic nitrogens is 3. The molecule has 0 aliphatic carbocycles. The van der Waals surface area contributed by atoms with Crippen LogP contribution in [0.1, 0.15) is 24.3 Å². The highest BCUT2D eigenvalue weighted by molar-refractivity contribution is 5.93. The monoisotopic (exact) mass is 347 g/mol. The van der Waals surface area contributed by atoms with E-state index in [0.29, 0.717) is 5.69 Å². The number of hydrogen-bond donors (Lipinski definition) is 1. The highest BCUT2D eigenvalue weighted by Gasteiger charge is 2.22. The predicted molar refractivity (Wildman–Crippen MR) is 86.4 cm³/mol. The van der Waals surface area contributed by atoms with Crippen molar-refractivity contribution in [2.45, 2.75) is 13.8 Å². The molecule has 0 bridgehead atoms. The highest BCUT2D eigenvalue weighted by atomic mass is 16.6. The Morgan fingerprint density at radius 1 is 1.40 bits per heavy atom. The number of nitro groups is 1. The van der Waals surface area contributed by atoms with Gasteiger partial charge in [-0.1, -0.05) is 25.1 Å². The van der Waals surface area contributed by atoms with E-state index in [1.807, 2.05) is 13.8 Å². The first kappa shape index (κ1) is 18.0. The van der Waals surface area contributed by atoms with Crippen molar-refractivity contribution >= 4 is 17.6 Å². The minimum Gasteiger partial charge on any atom is -0.480 e. The van der Waals surface area contributed by atoms with E-state index in [0.717, 1.165) is 0 Å². The Bertz CT molecular complexity index is 801. The third-order valence-electron chi connectivity index (χ3n) is 3.22. The van der Waals surface area contributed by atoms with Gasteiger partial charge in [-0.15, -0.1) is 5.10 Å². The molecule has 0 aliphatic rings. The van der Waals surface area contributed by atoms with Gasteiger partial charge in [-0.2, -0.15) is 0 Å². The Morgan fingerprint density at radius 3 is 2.72 bits per heavy atom. The van der Waals surface area contributed by atoms with E-state index in [2.05, 4.69) is 10.3 Å². The molecule has 25 heavy (non-hydrogen) atoms. The molecule has 2 aromatic rings. The fourth-order valence-corrected chi connectivity index (χ4v) is 2.22. The summed E-state index contributed by atoms with van der Waals surface area (Å²) >= 11 is 0. The lowest BCUT2D eigenvalue weighted by Crippen LogP contribution is -2.38. The average molecular weight is 347 g/mol. The second-order valence-electron chi connectivity index (χ2n) is 5.80. The van der Waals surface area contributed by atoms with Crippen molar-refractivity contribution < 1.29 is 19.6 Å². The van der Waals surface area contributed by atoms with Crippen LogP contribution in [0.3, 0.4) is 0 Å². The molecule has 0 fully saturated rings. The summed E-state index contributed by atoms with van der Waals surface area (Å²) in [6.07, 6.45) is 1.32. The fraction of sp³-hybridized carbons (Fsp3) is 0.333. The summed E-state index contributed by atoms with van der Waals surface area (Å²) in [4.78, 5) is 34.9. The van der Waals surface area contributed by atoms with Crippen molar-refractivity contribution in [2.75, 3.05) is 13.1 Å². The molecular formula is C15H17N5O5. The SMILES string of the molecule is CC(C)CN(CC(=O)O)C(=O)c1cn(-c2cccc([N+](=O)[O-])c2)nn1. The molecular weight excluding hydrogens is 330 g/mol. The number of aliphatic carboxylic acids is 1. The lowest BCUT2D eigenvalue weighted by Gasteiger charge is -2.21. The molecule has 132 valence electrons. The van der Waals surface area contributed by atoms with Crippen LogP contribution in [-0.2, 0) is 4.79 Å². The van der Waals surface area contributed by atoms with Gasteiger partial charge in [0.15, 0.2) is 5.69 Å². The number of amides is 1. The lowest BCUT2D eigenvalue weighted by atomic mass is 10.2. The number of benzene rings is 1. The van der Waals surface area contributed by atoms with Gasteiger partial charge in [-0.25, -0.2) is 4.68 Å². The molecule has 1 heterocycles. The summed E-state index contributed by atoms with van der Waals surface area (Å²) in [5, 5.41) is 27.4. The van der Waals surface area contributed by atoms with E-state index >= 15 is 0 Å². The van der Waals surface area contributed by atoms with Gasteiger partial charge in [0.2, 0.25) is 0 Å². The van der Waals surface area contributed by atoms with Crippen LogP contribution in [0.2, 0.25) is 0 Å². The van der Waals surface area contributed by atoms with Gasteiger partial charge in [0.1, 0.15) is 6.54 Å². The van der Waals surface area contributed by atoms with E-state index in [4.69, 9.17) is 5.11 Å². The summed E-state index contributed by atoms with van der Waals surface area (Å²) in [5.41, 5.74) is 0.219. The zero-order valence-electron chi connectivity index (χ0n) is 13.7. The standard InChI is InChI=1S/C15H17N5O5/c1-10(2)7-18(9-14(21)22)15(23)13-8-19(17-16-13)11-4-3-5-12(6-11)20(24)25/h3-6,8,10H,7,9H2,1-2H3,(H,21,22). The Morgan fingerprint density at radius 2 is 2.12 bits per heavy atom. The number of carboxylic acid groups (broad SMARTS) is 1. The molecule has 1 amide bonds. The summed E-state index contributed by atoms with van der Waals surface area (Å²) < 4.78 is 1.23. The van der Waals surface area contributed by atoms with Crippen molar-refractivity contribution in [1.29, 1.82) is 0 Å². The Labute approximate surface area is 142 Å². The zero-order chi connectivity index (χ0) is 18.6. The first-order valence-electron chi connectivity index (χ1n) is 7.46. The predicted octanol–water partition coefficient (Wildman–Crippen LogP) is 1.36. The van der Waals surface area contributed by atoms with Gasteiger partial charge in [0.05, 0.1) is 16.8 Å². The van der Waals surface area contributed by atoms with Gasteiger partial charge in [0, 0.05) is 18.7 Å². The van der Waals surface area contributed by atoms with Crippen molar-refractivity contribution in [3.8, 4) is 5.69 Å². The molecule has 0 spiro atoms. The third kappa shape index (κ3) is 4.59. The van der Waals surface area contributed by atoms with Crippen molar-refractivity contribution in [3.63, 3.8) is 0 Å². The number of carbonyl (C=O) groups is 2. The number of carboxylic acids is 1. The van der Waals surface area contributed by atoms with E-state index in [1.165, 1.54) is 34.0 Å². The highest BCUT2D eigenvalue weighted by Crippen LogP contribution is 2.16. The van der Waals surface area contributed by atoms with Gasteiger partial charge in [-0.05, 0) is 12.0 Å². The third-order valence-corrected chi connectivity index (χ3v) is 3.22.